The van der Waals surface area contributed by atoms with Crippen LogP contribution in [0.3, 0.4) is 0 Å². The van der Waals surface area contributed by atoms with Gasteiger partial charge in [-0.05, 0) is 49.9 Å². The summed E-state index contributed by atoms with van der Waals surface area (Å²) in [6, 6.07) is 4.40. The highest BCUT2D eigenvalue weighted by atomic mass is 35.5. The van der Waals surface area contributed by atoms with E-state index in [0.29, 0.717) is 38.0 Å². The molecule has 9 heteroatoms. The van der Waals surface area contributed by atoms with Crippen molar-refractivity contribution in [1.82, 2.24) is 9.55 Å². The molecule has 0 spiro atoms. The van der Waals surface area contributed by atoms with Crippen LogP contribution in [0.1, 0.15) is 47.6 Å². The van der Waals surface area contributed by atoms with Crippen LogP contribution in [0.15, 0.2) is 29.3 Å². The highest BCUT2D eigenvalue weighted by Crippen LogP contribution is 2.28. The van der Waals surface area contributed by atoms with Crippen LogP contribution in [0.4, 0.5) is 5.69 Å². The number of aromatic nitrogens is 2. The number of anilines is 1. The number of benzene rings is 1. The molecule has 0 aliphatic heterocycles. The fraction of sp³-hybridized carbons (Fsp3) is 0.364. The van der Waals surface area contributed by atoms with Crippen molar-refractivity contribution in [2.75, 3.05) is 11.9 Å². The SMILES string of the molecule is Cc1c(Cl)cccc1NC(=O)C(C)n1cnc2sc(C(=O)OCC(C)C)c(C)c2c1=O. The molecule has 3 aromatic rings. The smallest absolute Gasteiger partial charge is 0.348 e. The maximum atomic E-state index is 13.1. The number of thiophene rings is 1. The van der Waals surface area contributed by atoms with E-state index < -0.39 is 12.0 Å². The highest BCUT2D eigenvalue weighted by molar-refractivity contribution is 7.20. The molecule has 1 atom stereocenters. The van der Waals surface area contributed by atoms with Gasteiger partial charge >= 0.3 is 5.97 Å². The van der Waals surface area contributed by atoms with Crippen LogP contribution in [0.2, 0.25) is 5.02 Å². The van der Waals surface area contributed by atoms with E-state index in [1.165, 1.54) is 10.9 Å². The van der Waals surface area contributed by atoms with E-state index in [-0.39, 0.29) is 17.4 Å². The van der Waals surface area contributed by atoms with Gasteiger partial charge < -0.3 is 10.1 Å². The summed E-state index contributed by atoms with van der Waals surface area (Å²) < 4.78 is 6.57. The van der Waals surface area contributed by atoms with Crippen molar-refractivity contribution in [2.45, 2.75) is 40.7 Å². The summed E-state index contributed by atoms with van der Waals surface area (Å²) >= 11 is 7.23. The van der Waals surface area contributed by atoms with Gasteiger partial charge in [-0.15, -0.1) is 11.3 Å². The van der Waals surface area contributed by atoms with Gasteiger partial charge in [-0.3, -0.25) is 14.2 Å². The molecule has 0 saturated heterocycles. The molecule has 1 aromatic carbocycles. The van der Waals surface area contributed by atoms with E-state index in [2.05, 4.69) is 10.3 Å². The molecular weight excluding hydrogens is 438 g/mol. The largest absolute Gasteiger partial charge is 0.461 e. The molecule has 2 heterocycles. The monoisotopic (exact) mass is 461 g/mol. The van der Waals surface area contributed by atoms with Crippen LogP contribution in [-0.4, -0.2) is 28.0 Å². The van der Waals surface area contributed by atoms with Crippen LogP contribution < -0.4 is 10.9 Å². The average molecular weight is 462 g/mol. The van der Waals surface area contributed by atoms with Crippen LogP contribution in [0.25, 0.3) is 10.2 Å². The van der Waals surface area contributed by atoms with Crippen molar-refractivity contribution in [1.29, 1.82) is 0 Å². The fourth-order valence-corrected chi connectivity index (χ4v) is 4.23. The molecule has 0 saturated carbocycles. The number of carbonyl (C=O) groups is 2. The van der Waals surface area contributed by atoms with Gasteiger partial charge in [-0.2, -0.15) is 0 Å². The molecule has 0 radical (unpaired) electrons. The maximum absolute atomic E-state index is 13.1. The van der Waals surface area contributed by atoms with E-state index in [1.54, 1.807) is 39.0 Å². The van der Waals surface area contributed by atoms with E-state index in [1.807, 2.05) is 13.8 Å². The Bertz CT molecular complexity index is 1220. The number of esters is 1. The summed E-state index contributed by atoms with van der Waals surface area (Å²) in [6.07, 6.45) is 1.33. The second-order valence-corrected chi connectivity index (χ2v) is 9.17. The van der Waals surface area contributed by atoms with Gasteiger partial charge in [0.25, 0.3) is 5.56 Å². The quantitative estimate of drug-likeness (QED) is 0.535. The Morgan fingerprint density at radius 2 is 1.94 bits per heavy atom. The number of nitrogens with zero attached hydrogens (tertiary/aromatic N) is 2. The third kappa shape index (κ3) is 4.65. The number of nitrogens with one attached hydrogen (secondary N) is 1. The molecule has 7 nitrogen and oxygen atoms in total. The summed E-state index contributed by atoms with van der Waals surface area (Å²) in [5.41, 5.74) is 1.45. The molecule has 1 amide bonds. The van der Waals surface area contributed by atoms with Crippen LogP contribution in [-0.2, 0) is 9.53 Å². The maximum Gasteiger partial charge on any atom is 0.348 e. The number of amides is 1. The average Bonchev–Trinajstić information content (AvgIpc) is 3.06. The van der Waals surface area contributed by atoms with Crippen molar-refractivity contribution >= 4 is 50.7 Å². The summed E-state index contributed by atoms with van der Waals surface area (Å²) in [6.45, 7) is 9.30. The molecule has 31 heavy (non-hydrogen) atoms. The third-order valence-corrected chi connectivity index (χ3v) is 6.52. The minimum atomic E-state index is -0.821. The Hall–Kier alpha value is -2.71. The van der Waals surface area contributed by atoms with Gasteiger partial charge in [0.1, 0.15) is 15.7 Å². The number of hydrogen-bond acceptors (Lipinski definition) is 6. The number of fused-ring (bicyclic) bond motifs is 1. The first kappa shape index (κ1) is 23.0. The first-order valence-corrected chi connectivity index (χ1v) is 11.0. The predicted molar refractivity (Wildman–Crippen MR) is 123 cm³/mol. The lowest BCUT2D eigenvalue weighted by atomic mass is 10.2. The van der Waals surface area contributed by atoms with Crippen molar-refractivity contribution in [3.63, 3.8) is 0 Å². The molecule has 0 fully saturated rings. The molecule has 164 valence electrons. The number of ether oxygens (including phenoxy) is 1. The molecule has 2 aromatic heterocycles. The third-order valence-electron chi connectivity index (χ3n) is 4.93. The standard InChI is InChI=1S/C22H24ClN3O4S/c1-11(2)9-30-22(29)18-13(4)17-20(31-18)24-10-26(21(17)28)14(5)19(27)25-16-8-6-7-15(23)12(16)3/h6-8,10-11,14H,9H2,1-5H3,(H,25,27). The van der Waals surface area contributed by atoms with Gasteiger partial charge in [0.05, 0.1) is 18.3 Å². The van der Waals surface area contributed by atoms with E-state index >= 15 is 0 Å². The zero-order valence-corrected chi connectivity index (χ0v) is 19.6. The normalized spacial score (nSPS) is 12.2. The van der Waals surface area contributed by atoms with Gasteiger partial charge in [0.2, 0.25) is 5.91 Å². The lowest BCUT2D eigenvalue weighted by Crippen LogP contribution is -2.32. The van der Waals surface area contributed by atoms with Crippen molar-refractivity contribution < 1.29 is 14.3 Å². The Balaban J connectivity index is 1.92. The van der Waals surface area contributed by atoms with Crippen LogP contribution >= 0.6 is 22.9 Å². The Labute approximate surface area is 189 Å². The van der Waals surface area contributed by atoms with Crippen molar-refractivity contribution in [3.8, 4) is 0 Å². The molecule has 0 aliphatic rings. The first-order chi connectivity index (χ1) is 14.6. The lowest BCUT2D eigenvalue weighted by molar-refractivity contribution is -0.118. The fourth-order valence-electron chi connectivity index (χ4n) is 3.02. The predicted octanol–water partition coefficient (Wildman–Crippen LogP) is 4.74. The molecule has 1 unspecified atom stereocenters. The number of hydrogen-bond donors (Lipinski definition) is 1. The van der Waals surface area contributed by atoms with Crippen molar-refractivity contribution in [2.24, 2.45) is 5.92 Å². The molecule has 0 aliphatic carbocycles. The second kappa shape index (κ2) is 9.20. The minimum absolute atomic E-state index is 0.205. The Kier molecular flexibility index (Phi) is 6.81. The molecular formula is C22H24ClN3O4S. The number of carbonyl (C=O) groups excluding carboxylic acids is 2. The highest BCUT2D eigenvalue weighted by Gasteiger charge is 2.24. The summed E-state index contributed by atoms with van der Waals surface area (Å²) in [5.74, 6) is -0.642. The van der Waals surface area contributed by atoms with Gasteiger partial charge in [0.15, 0.2) is 0 Å². The van der Waals surface area contributed by atoms with Gasteiger partial charge in [0, 0.05) is 10.7 Å². The van der Waals surface area contributed by atoms with Crippen LogP contribution in [0.5, 0.6) is 0 Å². The number of aryl methyl sites for hydroxylation is 1. The minimum Gasteiger partial charge on any atom is -0.461 e. The topological polar surface area (TPSA) is 90.3 Å². The second-order valence-electron chi connectivity index (χ2n) is 7.76. The number of halogens is 1. The summed E-state index contributed by atoms with van der Waals surface area (Å²) in [5, 5.41) is 3.67. The Morgan fingerprint density at radius 3 is 2.61 bits per heavy atom. The molecule has 1 N–H and O–H groups in total. The zero-order chi connectivity index (χ0) is 22.9. The zero-order valence-electron chi connectivity index (χ0n) is 18.0. The Morgan fingerprint density at radius 1 is 1.23 bits per heavy atom. The van der Waals surface area contributed by atoms with Crippen LogP contribution in [0, 0.1) is 19.8 Å². The van der Waals surface area contributed by atoms with Crippen molar-refractivity contribution in [3.05, 3.63) is 55.9 Å². The number of rotatable bonds is 6. The lowest BCUT2D eigenvalue weighted by Gasteiger charge is -2.16. The van der Waals surface area contributed by atoms with Gasteiger partial charge in [-0.1, -0.05) is 31.5 Å². The first-order valence-electron chi connectivity index (χ1n) is 9.85. The van der Waals surface area contributed by atoms with E-state index in [9.17, 15) is 14.4 Å². The summed E-state index contributed by atoms with van der Waals surface area (Å²) in [7, 11) is 0. The molecule has 3 rings (SSSR count). The summed E-state index contributed by atoms with van der Waals surface area (Å²) in [4.78, 5) is 43.5. The van der Waals surface area contributed by atoms with E-state index in [4.69, 9.17) is 16.3 Å². The van der Waals surface area contributed by atoms with Gasteiger partial charge in [-0.25, -0.2) is 9.78 Å². The molecule has 0 bridgehead atoms. The van der Waals surface area contributed by atoms with E-state index in [0.717, 1.165) is 16.9 Å².